The number of esters is 1. The van der Waals surface area contributed by atoms with Crippen LogP contribution in [0.25, 0.3) is 0 Å². The summed E-state index contributed by atoms with van der Waals surface area (Å²) in [6.45, 7) is 1.72. The van der Waals surface area contributed by atoms with E-state index in [1.165, 1.54) is 6.92 Å². The van der Waals surface area contributed by atoms with Crippen LogP contribution in [0.3, 0.4) is 0 Å². The van der Waals surface area contributed by atoms with Gasteiger partial charge in [0.25, 0.3) is 0 Å². The Labute approximate surface area is 176 Å². The summed E-state index contributed by atoms with van der Waals surface area (Å²) in [5.74, 6) is 0.216. The fourth-order valence-electron chi connectivity index (χ4n) is 3.10. The van der Waals surface area contributed by atoms with Gasteiger partial charge in [-0.05, 0) is 61.2 Å². The lowest BCUT2D eigenvalue weighted by atomic mass is 10.1. The summed E-state index contributed by atoms with van der Waals surface area (Å²) in [6.07, 6.45) is 2.01. The molecule has 30 heavy (non-hydrogen) atoms. The molecule has 0 saturated carbocycles. The number of unbranched alkanes of at least 4 members (excludes halogenated alkanes) is 1. The highest BCUT2D eigenvalue weighted by atomic mass is 16.6. The van der Waals surface area contributed by atoms with E-state index in [2.05, 4.69) is 0 Å². The van der Waals surface area contributed by atoms with Gasteiger partial charge in [0, 0.05) is 6.92 Å². The molecule has 0 aromatic heterocycles. The van der Waals surface area contributed by atoms with Crippen molar-refractivity contribution in [3.05, 3.63) is 90.5 Å². The maximum absolute atomic E-state index is 12.8. The Morgan fingerprint density at radius 2 is 1.43 bits per heavy atom. The Balaban J connectivity index is 1.52. The SMILES string of the molecule is CC(=O)Oc1cccc(CCCCOC(=O)N(c2ccccc2)c2ccccc2)c1. The predicted molar refractivity (Wildman–Crippen MR) is 117 cm³/mol. The second-order valence-corrected chi connectivity index (χ2v) is 6.82. The molecule has 0 saturated heterocycles. The van der Waals surface area contributed by atoms with Crippen LogP contribution < -0.4 is 9.64 Å². The quantitative estimate of drug-likeness (QED) is 0.267. The van der Waals surface area contributed by atoms with Crippen molar-refractivity contribution >= 4 is 23.4 Å². The van der Waals surface area contributed by atoms with Crippen molar-refractivity contribution in [2.45, 2.75) is 26.2 Å². The third-order valence-electron chi connectivity index (χ3n) is 4.46. The average molecular weight is 403 g/mol. The molecule has 154 valence electrons. The first-order chi connectivity index (χ1) is 14.6. The molecule has 0 aliphatic carbocycles. The van der Waals surface area contributed by atoms with Crippen LogP contribution in [0, 0.1) is 0 Å². The summed E-state index contributed by atoms with van der Waals surface area (Å²) in [5, 5.41) is 0. The number of carbonyl (C=O) groups excluding carboxylic acids is 2. The van der Waals surface area contributed by atoms with Crippen LogP contribution in [0.4, 0.5) is 16.2 Å². The number of anilines is 2. The van der Waals surface area contributed by atoms with Gasteiger partial charge in [0.1, 0.15) is 5.75 Å². The zero-order valence-corrected chi connectivity index (χ0v) is 17.0. The Morgan fingerprint density at radius 1 is 0.800 bits per heavy atom. The van der Waals surface area contributed by atoms with E-state index in [1.54, 1.807) is 11.0 Å². The number of rotatable bonds is 8. The van der Waals surface area contributed by atoms with Crippen molar-refractivity contribution < 1.29 is 19.1 Å². The van der Waals surface area contributed by atoms with E-state index >= 15 is 0 Å². The molecule has 0 aliphatic heterocycles. The highest BCUT2D eigenvalue weighted by Crippen LogP contribution is 2.26. The second kappa shape index (κ2) is 10.8. The van der Waals surface area contributed by atoms with E-state index < -0.39 is 6.09 Å². The molecule has 0 N–H and O–H groups in total. The van der Waals surface area contributed by atoms with Crippen molar-refractivity contribution in [3.63, 3.8) is 0 Å². The zero-order chi connectivity index (χ0) is 21.2. The second-order valence-electron chi connectivity index (χ2n) is 6.82. The number of hydrogen-bond acceptors (Lipinski definition) is 4. The first-order valence-electron chi connectivity index (χ1n) is 9.98. The highest BCUT2D eigenvalue weighted by molar-refractivity contribution is 5.95. The third kappa shape index (κ3) is 6.21. The lowest BCUT2D eigenvalue weighted by molar-refractivity contribution is -0.131. The molecule has 3 aromatic rings. The molecule has 0 radical (unpaired) electrons. The van der Waals surface area contributed by atoms with Crippen LogP contribution in [-0.2, 0) is 16.0 Å². The van der Waals surface area contributed by atoms with Crippen molar-refractivity contribution in [1.29, 1.82) is 0 Å². The van der Waals surface area contributed by atoms with Gasteiger partial charge < -0.3 is 9.47 Å². The van der Waals surface area contributed by atoms with Crippen LogP contribution in [-0.4, -0.2) is 18.7 Å². The Kier molecular flexibility index (Phi) is 7.61. The van der Waals surface area contributed by atoms with Crippen LogP contribution >= 0.6 is 0 Å². The minimum absolute atomic E-state index is 0.332. The minimum Gasteiger partial charge on any atom is -0.449 e. The van der Waals surface area contributed by atoms with E-state index in [4.69, 9.17) is 9.47 Å². The molecule has 0 spiro atoms. The third-order valence-corrected chi connectivity index (χ3v) is 4.46. The summed E-state index contributed by atoms with van der Waals surface area (Å²) in [7, 11) is 0. The van der Waals surface area contributed by atoms with Crippen molar-refractivity contribution in [1.82, 2.24) is 0 Å². The van der Waals surface area contributed by atoms with Gasteiger partial charge in [0.05, 0.1) is 18.0 Å². The van der Waals surface area contributed by atoms with E-state index in [0.29, 0.717) is 12.4 Å². The molecular weight excluding hydrogens is 378 g/mol. The van der Waals surface area contributed by atoms with Gasteiger partial charge in [-0.1, -0.05) is 48.5 Å². The Bertz CT molecular complexity index is 918. The summed E-state index contributed by atoms with van der Waals surface area (Å²) < 4.78 is 10.7. The summed E-state index contributed by atoms with van der Waals surface area (Å²) in [5.41, 5.74) is 2.60. The average Bonchev–Trinajstić information content (AvgIpc) is 2.75. The number of carbonyl (C=O) groups is 2. The van der Waals surface area contributed by atoms with E-state index in [-0.39, 0.29) is 5.97 Å². The lowest BCUT2D eigenvalue weighted by Gasteiger charge is -2.22. The summed E-state index contributed by atoms with van der Waals surface area (Å²) in [6, 6.07) is 26.4. The first-order valence-corrected chi connectivity index (χ1v) is 9.98. The standard InChI is InChI=1S/C25H25NO4/c1-20(27)30-24-17-10-12-21(19-24)11-8-9-18-29-25(28)26(22-13-4-2-5-14-22)23-15-6-3-7-16-23/h2-7,10,12-17,19H,8-9,11,18H2,1H3. The molecule has 3 aromatic carbocycles. The molecule has 0 atom stereocenters. The van der Waals surface area contributed by atoms with Gasteiger partial charge in [-0.25, -0.2) is 9.69 Å². The fourth-order valence-corrected chi connectivity index (χ4v) is 3.10. The van der Waals surface area contributed by atoms with Crippen molar-refractivity contribution in [3.8, 4) is 5.75 Å². The molecule has 0 aliphatic rings. The van der Waals surface area contributed by atoms with Gasteiger partial charge >= 0.3 is 12.1 Å². The number of para-hydroxylation sites is 2. The van der Waals surface area contributed by atoms with Crippen LogP contribution in [0.5, 0.6) is 5.75 Å². The summed E-state index contributed by atoms with van der Waals surface area (Å²) in [4.78, 5) is 25.4. The Hall–Kier alpha value is -3.60. The summed E-state index contributed by atoms with van der Waals surface area (Å²) >= 11 is 0. The number of amides is 1. The van der Waals surface area contributed by atoms with Gasteiger partial charge in [-0.2, -0.15) is 0 Å². The minimum atomic E-state index is -0.399. The fraction of sp³-hybridized carbons (Fsp3) is 0.200. The van der Waals surface area contributed by atoms with Crippen LogP contribution in [0.2, 0.25) is 0 Å². The maximum atomic E-state index is 12.8. The molecule has 1 amide bonds. The van der Waals surface area contributed by atoms with Gasteiger partial charge in [-0.15, -0.1) is 0 Å². The van der Waals surface area contributed by atoms with E-state index in [9.17, 15) is 9.59 Å². The number of benzene rings is 3. The van der Waals surface area contributed by atoms with Gasteiger partial charge in [0.2, 0.25) is 0 Å². The lowest BCUT2D eigenvalue weighted by Crippen LogP contribution is -2.27. The van der Waals surface area contributed by atoms with Crippen LogP contribution in [0.15, 0.2) is 84.9 Å². The zero-order valence-electron chi connectivity index (χ0n) is 17.0. The van der Waals surface area contributed by atoms with E-state index in [0.717, 1.165) is 36.2 Å². The Morgan fingerprint density at radius 3 is 2.03 bits per heavy atom. The topological polar surface area (TPSA) is 55.8 Å². The molecule has 5 heteroatoms. The molecule has 5 nitrogen and oxygen atoms in total. The monoisotopic (exact) mass is 403 g/mol. The normalized spacial score (nSPS) is 10.3. The van der Waals surface area contributed by atoms with Gasteiger partial charge in [-0.3, -0.25) is 4.79 Å². The first kappa shape index (κ1) is 21.1. The molecule has 0 bridgehead atoms. The number of ether oxygens (including phenoxy) is 2. The number of nitrogens with zero attached hydrogens (tertiary/aromatic N) is 1. The molecule has 0 fully saturated rings. The highest BCUT2D eigenvalue weighted by Gasteiger charge is 2.18. The smallest absolute Gasteiger partial charge is 0.418 e. The van der Waals surface area contributed by atoms with Crippen molar-refractivity contribution in [2.24, 2.45) is 0 Å². The largest absolute Gasteiger partial charge is 0.449 e. The van der Waals surface area contributed by atoms with Crippen LogP contribution in [0.1, 0.15) is 25.3 Å². The molecule has 0 unspecified atom stereocenters. The molecule has 0 heterocycles. The maximum Gasteiger partial charge on any atom is 0.418 e. The van der Waals surface area contributed by atoms with Crippen molar-refractivity contribution in [2.75, 3.05) is 11.5 Å². The molecular formula is C25H25NO4. The number of aryl methyl sites for hydroxylation is 1. The van der Waals surface area contributed by atoms with Gasteiger partial charge in [0.15, 0.2) is 0 Å². The van der Waals surface area contributed by atoms with E-state index in [1.807, 2.05) is 78.9 Å². The molecule has 3 rings (SSSR count). The predicted octanol–water partition coefficient (Wildman–Crippen LogP) is 5.91. The number of hydrogen-bond donors (Lipinski definition) is 0.